The minimum atomic E-state index is -1.59. The zero-order valence-corrected chi connectivity index (χ0v) is 8.32. The van der Waals surface area contributed by atoms with E-state index in [4.69, 9.17) is 10.0 Å². The Kier molecular flexibility index (Phi) is 2.85. The number of rotatable bonds is 2. The average Bonchev–Trinajstić information content (AvgIpc) is 2.30. The van der Waals surface area contributed by atoms with E-state index in [2.05, 4.69) is 4.98 Å². The van der Waals surface area contributed by atoms with Crippen LogP contribution in [-0.2, 0) is 0 Å². The monoisotopic (exact) mass is 216 g/mol. The van der Waals surface area contributed by atoms with Crippen molar-refractivity contribution in [3.63, 3.8) is 0 Å². The van der Waals surface area contributed by atoms with E-state index < -0.39 is 7.12 Å². The van der Waals surface area contributed by atoms with Crippen LogP contribution in [0.1, 0.15) is 0 Å². The first-order valence-electron chi connectivity index (χ1n) is 4.67. The molecular weight excluding hydrogens is 207 g/mol. The molecule has 0 saturated heterocycles. The number of hydrogen-bond donors (Lipinski definition) is 2. The van der Waals surface area contributed by atoms with E-state index in [-0.39, 0.29) is 11.0 Å². The molecule has 5 nitrogen and oxygen atoms in total. The predicted octanol–water partition coefficient (Wildman–Crippen LogP) is -1.09. The van der Waals surface area contributed by atoms with Gasteiger partial charge in [-0.05, 0) is 12.1 Å². The fourth-order valence-corrected chi connectivity index (χ4v) is 1.36. The van der Waals surface area contributed by atoms with Crippen LogP contribution < -0.4 is 11.0 Å². The van der Waals surface area contributed by atoms with E-state index >= 15 is 0 Å². The van der Waals surface area contributed by atoms with Crippen LogP contribution in [0.5, 0.6) is 0 Å². The summed E-state index contributed by atoms with van der Waals surface area (Å²) in [5, 5.41) is 18.0. The Morgan fingerprint density at radius 1 is 1.25 bits per heavy atom. The standard InChI is InChI=1S/C10H9BN2O3/c14-10-3-1-2-4-13(10)9-5-8(11(15)16)6-12-7-9/h1-7,15-16H. The molecule has 2 heterocycles. The van der Waals surface area contributed by atoms with Crippen LogP contribution in [-0.4, -0.2) is 26.7 Å². The van der Waals surface area contributed by atoms with Crippen molar-refractivity contribution in [3.05, 3.63) is 53.2 Å². The van der Waals surface area contributed by atoms with Gasteiger partial charge in [-0.2, -0.15) is 0 Å². The highest BCUT2D eigenvalue weighted by atomic mass is 16.4. The minimum absolute atomic E-state index is 0.200. The third kappa shape index (κ3) is 2.02. The molecule has 6 heteroatoms. The van der Waals surface area contributed by atoms with Crippen molar-refractivity contribution >= 4 is 12.6 Å². The molecule has 2 N–H and O–H groups in total. The zero-order chi connectivity index (χ0) is 11.5. The molecule has 80 valence electrons. The summed E-state index contributed by atoms with van der Waals surface area (Å²) in [5.41, 5.74) is 0.540. The highest BCUT2D eigenvalue weighted by molar-refractivity contribution is 6.58. The lowest BCUT2D eigenvalue weighted by atomic mass is 9.81. The molecular formula is C10H9BN2O3. The summed E-state index contributed by atoms with van der Waals surface area (Å²) < 4.78 is 1.37. The van der Waals surface area contributed by atoms with Crippen LogP contribution in [0.4, 0.5) is 0 Å². The van der Waals surface area contributed by atoms with Crippen molar-refractivity contribution in [2.24, 2.45) is 0 Å². The molecule has 2 rings (SSSR count). The fourth-order valence-electron chi connectivity index (χ4n) is 1.36. The van der Waals surface area contributed by atoms with Crippen molar-refractivity contribution in [1.29, 1.82) is 0 Å². The van der Waals surface area contributed by atoms with Gasteiger partial charge in [0.1, 0.15) is 0 Å². The van der Waals surface area contributed by atoms with Gasteiger partial charge in [-0.3, -0.25) is 14.3 Å². The van der Waals surface area contributed by atoms with E-state index in [0.717, 1.165) is 0 Å². The lowest BCUT2D eigenvalue weighted by Gasteiger charge is -2.06. The number of aromatic nitrogens is 2. The number of hydrogen-bond acceptors (Lipinski definition) is 4. The van der Waals surface area contributed by atoms with E-state index in [1.807, 2.05) is 0 Å². The molecule has 0 atom stereocenters. The van der Waals surface area contributed by atoms with Gasteiger partial charge in [0.2, 0.25) is 0 Å². The second kappa shape index (κ2) is 4.30. The van der Waals surface area contributed by atoms with Crippen molar-refractivity contribution in [2.75, 3.05) is 0 Å². The van der Waals surface area contributed by atoms with Crippen molar-refractivity contribution in [3.8, 4) is 5.69 Å². The summed E-state index contributed by atoms with van der Waals surface area (Å²) in [6, 6.07) is 6.27. The van der Waals surface area contributed by atoms with Crippen LogP contribution >= 0.6 is 0 Å². The summed E-state index contributed by atoms with van der Waals surface area (Å²) in [6.45, 7) is 0. The third-order valence-corrected chi connectivity index (χ3v) is 2.14. The van der Waals surface area contributed by atoms with Gasteiger partial charge in [-0.1, -0.05) is 6.07 Å². The van der Waals surface area contributed by atoms with Crippen molar-refractivity contribution < 1.29 is 10.0 Å². The van der Waals surface area contributed by atoms with Gasteiger partial charge in [-0.15, -0.1) is 0 Å². The maximum atomic E-state index is 11.5. The first kappa shape index (κ1) is 10.6. The molecule has 2 aromatic rings. The molecule has 0 aliphatic carbocycles. The molecule has 2 aromatic heterocycles. The van der Waals surface area contributed by atoms with Gasteiger partial charge >= 0.3 is 7.12 Å². The Morgan fingerprint density at radius 3 is 2.75 bits per heavy atom. The molecule has 0 aromatic carbocycles. The minimum Gasteiger partial charge on any atom is -0.423 e. The topological polar surface area (TPSA) is 75.4 Å². The van der Waals surface area contributed by atoms with Crippen LogP contribution in [0.15, 0.2) is 47.7 Å². The Balaban J connectivity index is 2.53. The van der Waals surface area contributed by atoms with Crippen LogP contribution in [0.25, 0.3) is 5.69 Å². The van der Waals surface area contributed by atoms with E-state index in [1.165, 1.54) is 29.1 Å². The maximum absolute atomic E-state index is 11.5. The van der Waals surface area contributed by atoms with Crippen molar-refractivity contribution in [2.45, 2.75) is 0 Å². The molecule has 0 bridgehead atoms. The molecule has 0 radical (unpaired) electrons. The molecule has 0 amide bonds. The van der Waals surface area contributed by atoms with Gasteiger partial charge in [0.25, 0.3) is 5.56 Å². The Bertz CT molecular complexity index is 554. The molecule has 0 fully saturated rings. The normalized spacial score (nSPS) is 10.1. The highest BCUT2D eigenvalue weighted by Crippen LogP contribution is 1.99. The fraction of sp³-hybridized carbons (Fsp3) is 0. The summed E-state index contributed by atoms with van der Waals surface area (Å²) in [5.74, 6) is 0. The molecule has 0 aliphatic heterocycles. The maximum Gasteiger partial charge on any atom is 0.490 e. The number of nitrogens with zero attached hydrogens (tertiary/aromatic N) is 2. The Morgan fingerprint density at radius 2 is 2.06 bits per heavy atom. The molecule has 0 spiro atoms. The molecule has 0 unspecified atom stereocenters. The van der Waals surface area contributed by atoms with Gasteiger partial charge in [0, 0.05) is 23.9 Å². The summed E-state index contributed by atoms with van der Waals surface area (Å²) in [7, 11) is -1.59. The van der Waals surface area contributed by atoms with Crippen molar-refractivity contribution in [1.82, 2.24) is 9.55 Å². The third-order valence-electron chi connectivity index (χ3n) is 2.14. The first-order valence-corrected chi connectivity index (χ1v) is 4.67. The Hall–Kier alpha value is -1.92. The number of pyridine rings is 2. The van der Waals surface area contributed by atoms with Crippen LogP contribution in [0.2, 0.25) is 0 Å². The zero-order valence-electron chi connectivity index (χ0n) is 8.32. The predicted molar refractivity (Wildman–Crippen MR) is 59.7 cm³/mol. The quantitative estimate of drug-likeness (QED) is 0.625. The molecule has 0 aliphatic rings. The summed E-state index contributed by atoms with van der Waals surface area (Å²) in [6.07, 6.45) is 4.41. The van der Waals surface area contributed by atoms with E-state index in [9.17, 15) is 4.79 Å². The smallest absolute Gasteiger partial charge is 0.423 e. The lowest BCUT2D eigenvalue weighted by molar-refractivity contribution is 0.425. The largest absolute Gasteiger partial charge is 0.490 e. The summed E-state index contributed by atoms with van der Waals surface area (Å²) in [4.78, 5) is 15.4. The first-order chi connectivity index (χ1) is 7.68. The van der Waals surface area contributed by atoms with E-state index in [0.29, 0.717) is 5.69 Å². The highest BCUT2D eigenvalue weighted by Gasteiger charge is 2.12. The van der Waals surface area contributed by atoms with Gasteiger partial charge in [0.15, 0.2) is 0 Å². The lowest BCUT2D eigenvalue weighted by Crippen LogP contribution is -2.31. The summed E-state index contributed by atoms with van der Waals surface area (Å²) >= 11 is 0. The second-order valence-corrected chi connectivity index (χ2v) is 3.26. The van der Waals surface area contributed by atoms with Gasteiger partial charge in [-0.25, -0.2) is 0 Å². The average molecular weight is 216 g/mol. The van der Waals surface area contributed by atoms with Crippen LogP contribution in [0.3, 0.4) is 0 Å². The Labute approximate surface area is 91.8 Å². The molecule has 0 saturated carbocycles. The molecule has 16 heavy (non-hydrogen) atoms. The van der Waals surface area contributed by atoms with Gasteiger partial charge in [0.05, 0.1) is 11.9 Å². The second-order valence-electron chi connectivity index (χ2n) is 3.26. The van der Waals surface area contributed by atoms with E-state index in [1.54, 1.807) is 18.3 Å². The van der Waals surface area contributed by atoms with Crippen LogP contribution in [0, 0.1) is 0 Å². The SMILES string of the molecule is O=c1ccccn1-c1cncc(B(O)O)c1. The van der Waals surface area contributed by atoms with Gasteiger partial charge < -0.3 is 10.0 Å².